The maximum absolute atomic E-state index is 5.54. The molecule has 1 heterocycles. The molecule has 0 radical (unpaired) electrons. The second-order valence-corrected chi connectivity index (χ2v) is 3.15. The van der Waals surface area contributed by atoms with Crippen molar-refractivity contribution in [3.8, 4) is 0 Å². The van der Waals surface area contributed by atoms with Gasteiger partial charge in [0.15, 0.2) is 0 Å². The van der Waals surface area contributed by atoms with Crippen LogP contribution in [0.3, 0.4) is 0 Å². The van der Waals surface area contributed by atoms with Crippen molar-refractivity contribution in [2.75, 3.05) is 6.61 Å². The first-order chi connectivity index (χ1) is 4.30. The van der Waals surface area contributed by atoms with E-state index in [2.05, 4.69) is 13.8 Å². The molecule has 0 bridgehead atoms. The van der Waals surface area contributed by atoms with Gasteiger partial charge < -0.3 is 4.74 Å². The predicted molar refractivity (Wildman–Crippen MR) is 38.4 cm³/mol. The first-order valence-corrected chi connectivity index (χ1v) is 3.92. The summed E-state index contributed by atoms with van der Waals surface area (Å²) in [5, 5.41) is 0. The van der Waals surface area contributed by atoms with Crippen LogP contribution < -0.4 is 0 Å². The zero-order chi connectivity index (χ0) is 6.69. The van der Waals surface area contributed by atoms with E-state index < -0.39 is 0 Å². The molecular weight excluding hydrogens is 112 g/mol. The topological polar surface area (TPSA) is 9.23 Å². The lowest BCUT2D eigenvalue weighted by Gasteiger charge is -2.25. The number of rotatable bonds is 1. The van der Waals surface area contributed by atoms with Crippen molar-refractivity contribution in [1.29, 1.82) is 0 Å². The summed E-state index contributed by atoms with van der Waals surface area (Å²) in [6.07, 6.45) is 4.46. The van der Waals surface area contributed by atoms with E-state index in [4.69, 9.17) is 4.74 Å². The second kappa shape index (κ2) is 3.21. The van der Waals surface area contributed by atoms with Gasteiger partial charge in [-0.1, -0.05) is 13.8 Å². The van der Waals surface area contributed by atoms with Gasteiger partial charge >= 0.3 is 0 Å². The molecule has 0 spiro atoms. The van der Waals surface area contributed by atoms with E-state index in [0.29, 0.717) is 12.0 Å². The summed E-state index contributed by atoms with van der Waals surface area (Å²) < 4.78 is 5.54. The summed E-state index contributed by atoms with van der Waals surface area (Å²) in [5.74, 6) is 0.713. The van der Waals surface area contributed by atoms with Gasteiger partial charge in [0.05, 0.1) is 6.10 Å². The molecule has 0 N–H and O–H groups in total. The van der Waals surface area contributed by atoms with Crippen LogP contribution in [0, 0.1) is 5.92 Å². The molecular formula is C8H16O. The number of hydrogen-bond acceptors (Lipinski definition) is 1. The van der Waals surface area contributed by atoms with Crippen molar-refractivity contribution in [3.05, 3.63) is 0 Å². The molecule has 0 unspecified atom stereocenters. The zero-order valence-corrected chi connectivity index (χ0v) is 6.39. The van der Waals surface area contributed by atoms with Gasteiger partial charge in [-0.05, 0) is 25.2 Å². The Kier molecular flexibility index (Phi) is 2.52. The molecule has 0 aromatic heterocycles. The van der Waals surface area contributed by atoms with E-state index in [0.717, 1.165) is 6.61 Å². The monoisotopic (exact) mass is 128 g/mol. The van der Waals surface area contributed by atoms with Crippen molar-refractivity contribution in [3.63, 3.8) is 0 Å². The van der Waals surface area contributed by atoms with Crippen molar-refractivity contribution in [2.45, 2.75) is 39.2 Å². The summed E-state index contributed by atoms with van der Waals surface area (Å²) >= 11 is 0. The fraction of sp³-hybridized carbons (Fsp3) is 1.00. The molecule has 0 amide bonds. The third kappa shape index (κ3) is 1.98. The van der Waals surface area contributed by atoms with Crippen LogP contribution in [0.15, 0.2) is 0 Å². The van der Waals surface area contributed by atoms with Gasteiger partial charge in [-0.3, -0.25) is 0 Å². The van der Waals surface area contributed by atoms with Gasteiger partial charge in [-0.2, -0.15) is 0 Å². The molecule has 9 heavy (non-hydrogen) atoms. The normalized spacial score (nSPS) is 29.0. The van der Waals surface area contributed by atoms with Crippen molar-refractivity contribution >= 4 is 0 Å². The third-order valence-electron chi connectivity index (χ3n) is 1.96. The quantitative estimate of drug-likeness (QED) is 0.526. The highest BCUT2D eigenvalue weighted by Gasteiger charge is 2.16. The highest BCUT2D eigenvalue weighted by atomic mass is 16.5. The van der Waals surface area contributed by atoms with Gasteiger partial charge in [0.1, 0.15) is 0 Å². The summed E-state index contributed by atoms with van der Waals surface area (Å²) in [4.78, 5) is 0. The number of hydrogen-bond donors (Lipinski definition) is 0. The zero-order valence-electron chi connectivity index (χ0n) is 6.39. The van der Waals surface area contributed by atoms with Crippen LogP contribution in [0.4, 0.5) is 0 Å². The van der Waals surface area contributed by atoms with E-state index in [1.807, 2.05) is 0 Å². The van der Waals surface area contributed by atoms with Gasteiger partial charge in [0.2, 0.25) is 0 Å². The average Bonchev–Trinajstić information content (AvgIpc) is 1.90. The Morgan fingerprint density at radius 3 is 2.44 bits per heavy atom. The molecule has 1 aliphatic heterocycles. The smallest absolute Gasteiger partial charge is 0.0598 e. The molecule has 0 aromatic rings. The predicted octanol–water partition coefficient (Wildman–Crippen LogP) is 2.21. The lowest BCUT2D eigenvalue weighted by atomic mass is 9.99. The van der Waals surface area contributed by atoms with Crippen LogP contribution in [0.1, 0.15) is 33.1 Å². The Morgan fingerprint density at radius 2 is 2.11 bits per heavy atom. The minimum Gasteiger partial charge on any atom is -0.378 e. The Hall–Kier alpha value is -0.0400. The van der Waals surface area contributed by atoms with Crippen LogP contribution in [0.25, 0.3) is 0 Å². The fourth-order valence-corrected chi connectivity index (χ4v) is 1.29. The van der Waals surface area contributed by atoms with Crippen LogP contribution in [-0.4, -0.2) is 12.7 Å². The van der Waals surface area contributed by atoms with E-state index in [1.54, 1.807) is 0 Å². The fourth-order valence-electron chi connectivity index (χ4n) is 1.29. The summed E-state index contributed by atoms with van der Waals surface area (Å²) in [7, 11) is 0. The SMILES string of the molecule is CC(C)[C@@H]1CCCCO1. The maximum Gasteiger partial charge on any atom is 0.0598 e. The Labute approximate surface area is 57.4 Å². The summed E-state index contributed by atoms with van der Waals surface area (Å²) in [6.45, 7) is 5.45. The van der Waals surface area contributed by atoms with Crippen LogP contribution in [0.2, 0.25) is 0 Å². The first-order valence-electron chi connectivity index (χ1n) is 3.92. The van der Waals surface area contributed by atoms with E-state index >= 15 is 0 Å². The molecule has 1 rings (SSSR count). The highest BCUT2D eigenvalue weighted by molar-refractivity contribution is 4.65. The van der Waals surface area contributed by atoms with Crippen LogP contribution in [0.5, 0.6) is 0 Å². The molecule has 1 saturated heterocycles. The van der Waals surface area contributed by atoms with Crippen molar-refractivity contribution < 1.29 is 4.74 Å². The molecule has 0 saturated carbocycles. The summed E-state index contributed by atoms with van der Waals surface area (Å²) in [6, 6.07) is 0. The molecule has 1 atom stereocenters. The Balaban J connectivity index is 2.23. The van der Waals surface area contributed by atoms with E-state index in [9.17, 15) is 0 Å². The molecule has 54 valence electrons. The van der Waals surface area contributed by atoms with Crippen molar-refractivity contribution in [1.82, 2.24) is 0 Å². The molecule has 0 aliphatic carbocycles. The number of ether oxygens (including phenoxy) is 1. The third-order valence-corrected chi connectivity index (χ3v) is 1.96. The largest absolute Gasteiger partial charge is 0.378 e. The standard InChI is InChI=1S/C8H16O/c1-7(2)8-5-3-4-6-9-8/h7-8H,3-6H2,1-2H3/t8-/m0/s1. The van der Waals surface area contributed by atoms with Gasteiger partial charge in [0.25, 0.3) is 0 Å². The van der Waals surface area contributed by atoms with Gasteiger partial charge in [-0.25, -0.2) is 0 Å². The molecule has 1 aliphatic rings. The van der Waals surface area contributed by atoms with Crippen molar-refractivity contribution in [2.24, 2.45) is 5.92 Å². The van der Waals surface area contributed by atoms with Gasteiger partial charge in [-0.15, -0.1) is 0 Å². The minimum atomic E-state index is 0.554. The van der Waals surface area contributed by atoms with Crippen LogP contribution in [-0.2, 0) is 4.74 Å². The second-order valence-electron chi connectivity index (χ2n) is 3.15. The van der Waals surface area contributed by atoms with E-state index in [1.165, 1.54) is 19.3 Å². The molecule has 0 aromatic carbocycles. The lowest BCUT2D eigenvalue weighted by molar-refractivity contribution is -0.0115. The highest BCUT2D eigenvalue weighted by Crippen LogP contribution is 2.18. The molecule has 1 heteroatoms. The molecule has 1 fully saturated rings. The lowest BCUT2D eigenvalue weighted by Crippen LogP contribution is -2.24. The molecule has 1 nitrogen and oxygen atoms in total. The Morgan fingerprint density at radius 1 is 1.33 bits per heavy atom. The first kappa shape index (κ1) is 7.07. The Bertz CT molecular complexity index is 72.6. The average molecular weight is 128 g/mol. The van der Waals surface area contributed by atoms with Gasteiger partial charge in [0, 0.05) is 6.61 Å². The maximum atomic E-state index is 5.54. The minimum absolute atomic E-state index is 0.554. The van der Waals surface area contributed by atoms with Crippen LogP contribution >= 0.6 is 0 Å². The van der Waals surface area contributed by atoms with E-state index in [-0.39, 0.29) is 0 Å². The summed E-state index contributed by atoms with van der Waals surface area (Å²) in [5.41, 5.74) is 0.